The van der Waals surface area contributed by atoms with Gasteiger partial charge < -0.3 is 15.6 Å². The van der Waals surface area contributed by atoms with E-state index in [1.165, 1.54) is 0 Å². The van der Waals surface area contributed by atoms with E-state index in [-0.39, 0.29) is 6.04 Å². The molecule has 0 aromatic carbocycles. The fourth-order valence-corrected chi connectivity index (χ4v) is 5.53. The highest BCUT2D eigenvalue weighted by atomic mass is 32.1. The zero-order valence-electron chi connectivity index (χ0n) is 17.7. The molecule has 1 aliphatic rings. The summed E-state index contributed by atoms with van der Waals surface area (Å²) in [4.78, 5) is 18.9. The maximum absolute atomic E-state index is 9.69. The molecular weight excluding hydrogens is 434 g/mol. The van der Waals surface area contributed by atoms with Gasteiger partial charge in [0.15, 0.2) is 0 Å². The third-order valence-corrected chi connectivity index (χ3v) is 7.27. The molecule has 6 heterocycles. The Labute approximate surface area is 193 Å². The largest absolute Gasteiger partial charge is 0.355 e. The van der Waals surface area contributed by atoms with Gasteiger partial charge in [0.05, 0.1) is 33.7 Å². The molecule has 1 saturated heterocycles. The van der Waals surface area contributed by atoms with Crippen LogP contribution < -0.4 is 10.6 Å². The highest BCUT2D eigenvalue weighted by Gasteiger charge is 2.32. The van der Waals surface area contributed by atoms with Crippen LogP contribution in [0, 0.1) is 17.2 Å². The van der Waals surface area contributed by atoms with Crippen molar-refractivity contribution in [3.05, 3.63) is 54.1 Å². The van der Waals surface area contributed by atoms with Gasteiger partial charge >= 0.3 is 0 Å². The number of H-pyrrole nitrogens is 1. The van der Waals surface area contributed by atoms with Gasteiger partial charge in [0.1, 0.15) is 23.9 Å². The lowest BCUT2D eigenvalue weighted by atomic mass is 9.99. The van der Waals surface area contributed by atoms with Crippen LogP contribution in [0.4, 0.5) is 5.82 Å². The maximum Gasteiger partial charge on any atom is 0.147 e. The Morgan fingerprint density at radius 1 is 1.33 bits per heavy atom. The average molecular weight is 456 g/mol. The zero-order chi connectivity index (χ0) is 22.4. The Hall–Kier alpha value is -3.81. The van der Waals surface area contributed by atoms with E-state index in [2.05, 4.69) is 31.0 Å². The summed E-state index contributed by atoms with van der Waals surface area (Å²) in [5, 5.41) is 17.3. The number of hydrogen-bond acceptors (Lipinski definition) is 8. The van der Waals surface area contributed by atoms with E-state index in [1.54, 1.807) is 17.7 Å². The molecule has 0 bridgehead atoms. The summed E-state index contributed by atoms with van der Waals surface area (Å²) in [6, 6.07) is 8.29. The Morgan fingerprint density at radius 3 is 3.15 bits per heavy atom. The second-order valence-electron chi connectivity index (χ2n) is 8.24. The van der Waals surface area contributed by atoms with Crippen molar-refractivity contribution in [2.75, 3.05) is 24.5 Å². The van der Waals surface area contributed by atoms with Crippen LogP contribution >= 0.6 is 11.3 Å². The monoisotopic (exact) mass is 455 g/mol. The van der Waals surface area contributed by atoms with Crippen LogP contribution in [0.2, 0.25) is 0 Å². The molecule has 2 atom stereocenters. The molecule has 0 aliphatic carbocycles. The average Bonchev–Trinajstić information content (AvgIpc) is 3.65. The Kier molecular flexibility index (Phi) is 4.78. The molecule has 3 N–H and O–H groups in total. The molecular formula is C23H21N9S. The maximum atomic E-state index is 9.69. The number of fused-ring (bicyclic) bond motifs is 2. The Balaban J connectivity index is 1.27. The molecule has 9 nitrogen and oxygen atoms in total. The van der Waals surface area contributed by atoms with Crippen molar-refractivity contribution in [2.24, 2.45) is 11.7 Å². The van der Waals surface area contributed by atoms with Crippen molar-refractivity contribution in [1.82, 2.24) is 29.7 Å². The van der Waals surface area contributed by atoms with Gasteiger partial charge in [-0.2, -0.15) is 10.4 Å². The first kappa shape index (κ1) is 19.8. The summed E-state index contributed by atoms with van der Waals surface area (Å²) < 4.78 is 3.00. The summed E-state index contributed by atoms with van der Waals surface area (Å²) in [6.07, 6.45) is 8.24. The van der Waals surface area contributed by atoms with Crippen molar-refractivity contribution in [2.45, 2.75) is 12.5 Å². The van der Waals surface area contributed by atoms with Crippen LogP contribution in [-0.4, -0.2) is 49.4 Å². The topological polar surface area (TPSA) is 125 Å². The summed E-state index contributed by atoms with van der Waals surface area (Å²) in [6.45, 7) is 2.09. The van der Waals surface area contributed by atoms with E-state index in [0.717, 1.165) is 57.8 Å². The van der Waals surface area contributed by atoms with Crippen LogP contribution in [0.3, 0.4) is 0 Å². The molecule has 0 unspecified atom stereocenters. The smallest absolute Gasteiger partial charge is 0.147 e. The molecule has 33 heavy (non-hydrogen) atoms. The van der Waals surface area contributed by atoms with E-state index in [4.69, 9.17) is 10.7 Å². The van der Waals surface area contributed by atoms with E-state index in [1.807, 2.05) is 46.9 Å². The Bertz CT molecular complexity index is 1490. The van der Waals surface area contributed by atoms with Gasteiger partial charge in [-0.3, -0.25) is 4.68 Å². The first-order valence-corrected chi connectivity index (χ1v) is 11.7. The van der Waals surface area contributed by atoms with Crippen molar-refractivity contribution in [1.29, 1.82) is 5.26 Å². The third-order valence-electron chi connectivity index (χ3n) is 6.42. The fraction of sp³-hybridized carbons (Fsp3) is 0.261. The number of aromatic amines is 1. The van der Waals surface area contributed by atoms with Crippen molar-refractivity contribution in [3.8, 4) is 17.3 Å². The number of hydrogen-bond donors (Lipinski definition) is 2. The van der Waals surface area contributed by atoms with Crippen molar-refractivity contribution in [3.63, 3.8) is 0 Å². The third kappa shape index (κ3) is 3.33. The van der Waals surface area contributed by atoms with Crippen molar-refractivity contribution < 1.29 is 0 Å². The van der Waals surface area contributed by atoms with Gasteiger partial charge in [0, 0.05) is 48.9 Å². The second kappa shape index (κ2) is 7.95. The summed E-state index contributed by atoms with van der Waals surface area (Å²) in [5.74, 6) is 1.06. The van der Waals surface area contributed by atoms with E-state index in [0.29, 0.717) is 18.0 Å². The quantitative estimate of drug-likeness (QED) is 0.416. The van der Waals surface area contributed by atoms with Crippen LogP contribution in [0.15, 0.2) is 48.5 Å². The van der Waals surface area contributed by atoms with Gasteiger partial charge in [-0.15, -0.1) is 11.3 Å². The lowest BCUT2D eigenvalue weighted by Gasteiger charge is -2.24. The number of thiophene rings is 1. The zero-order valence-corrected chi connectivity index (χ0v) is 18.5. The molecule has 1 aliphatic heterocycles. The van der Waals surface area contributed by atoms with Crippen LogP contribution in [0.25, 0.3) is 32.5 Å². The number of rotatable bonds is 5. The number of nitrogens with two attached hydrogens (primary N) is 1. The predicted molar refractivity (Wildman–Crippen MR) is 128 cm³/mol. The highest BCUT2D eigenvalue weighted by Crippen LogP contribution is 2.34. The minimum absolute atomic E-state index is 0.0442. The molecule has 5 aromatic heterocycles. The van der Waals surface area contributed by atoms with Crippen LogP contribution in [0.5, 0.6) is 0 Å². The fourth-order valence-electron chi connectivity index (χ4n) is 4.76. The van der Waals surface area contributed by atoms with E-state index < -0.39 is 0 Å². The molecule has 6 rings (SSSR count). The molecule has 0 radical (unpaired) electrons. The Morgan fingerprint density at radius 2 is 2.27 bits per heavy atom. The minimum atomic E-state index is 0.0442. The number of nitriles is 1. The second-order valence-corrected chi connectivity index (χ2v) is 9.19. The molecule has 1 fully saturated rings. The molecule has 0 amide bonds. The first-order valence-electron chi connectivity index (χ1n) is 10.8. The lowest BCUT2D eigenvalue weighted by molar-refractivity contribution is 0.334. The predicted octanol–water partition coefficient (Wildman–Crippen LogP) is 3.33. The number of nitrogens with zero attached hydrogens (tertiary/aromatic N) is 7. The number of aromatic nitrogens is 6. The summed E-state index contributed by atoms with van der Waals surface area (Å²) in [7, 11) is 0. The molecule has 10 heteroatoms. The standard InChI is InChI=1S/C23H21N9S/c24-8-15-7-20-18(3-6-33-20)30-23(15)31-5-2-14(11-31)19(9-25)32-12-16(10-29-32)21-17-1-4-26-22(17)28-13-27-21/h1,3-4,6-7,10,12-14,19H,2,5,9,11,25H2,(H,26,27,28)/t14-,19-/m0/s1. The van der Waals surface area contributed by atoms with E-state index >= 15 is 0 Å². The minimum Gasteiger partial charge on any atom is -0.355 e. The number of anilines is 1. The van der Waals surface area contributed by atoms with Gasteiger partial charge in [-0.25, -0.2) is 15.0 Å². The number of pyridine rings is 1. The highest BCUT2D eigenvalue weighted by molar-refractivity contribution is 7.17. The normalized spacial score (nSPS) is 17.1. The van der Waals surface area contributed by atoms with Gasteiger partial charge in [-0.05, 0) is 30.0 Å². The summed E-state index contributed by atoms with van der Waals surface area (Å²) in [5.41, 5.74) is 10.4. The first-order chi connectivity index (χ1) is 16.2. The molecule has 0 spiro atoms. The van der Waals surface area contributed by atoms with E-state index in [9.17, 15) is 5.26 Å². The van der Waals surface area contributed by atoms with Gasteiger partial charge in [-0.1, -0.05) is 0 Å². The van der Waals surface area contributed by atoms with Crippen LogP contribution in [0.1, 0.15) is 18.0 Å². The van der Waals surface area contributed by atoms with Gasteiger partial charge in [0.2, 0.25) is 0 Å². The van der Waals surface area contributed by atoms with Gasteiger partial charge in [0.25, 0.3) is 0 Å². The molecule has 0 saturated carbocycles. The lowest BCUT2D eigenvalue weighted by Crippen LogP contribution is -2.30. The SMILES string of the molecule is N#Cc1cc2sccc2nc1N1CC[C@H]([C@H](CN)n2cc(-c3ncnc4[nH]ccc34)cn2)C1. The number of nitrogens with one attached hydrogen (secondary N) is 1. The summed E-state index contributed by atoms with van der Waals surface area (Å²) >= 11 is 1.60. The van der Waals surface area contributed by atoms with Crippen LogP contribution in [-0.2, 0) is 0 Å². The molecule has 164 valence electrons. The molecule has 5 aromatic rings. The van der Waals surface area contributed by atoms with Crippen molar-refractivity contribution >= 4 is 38.4 Å².